The molecular formula is C16H24BrFN2. The maximum absolute atomic E-state index is 13.9. The van der Waals surface area contributed by atoms with Crippen molar-refractivity contribution in [3.63, 3.8) is 0 Å². The standard InChI is InChI=1S/C16H24BrFN2/c1-2-7-19-10-13-4-3-8-20(11-13)12-14-5-6-15(17)9-16(14)18/h5-6,9,13,19H,2-4,7-8,10-12H2,1H3. The molecule has 1 aromatic carbocycles. The number of piperidine rings is 1. The molecule has 0 spiro atoms. The zero-order valence-electron chi connectivity index (χ0n) is 12.2. The second-order valence-corrected chi connectivity index (χ2v) is 6.60. The summed E-state index contributed by atoms with van der Waals surface area (Å²) in [5.74, 6) is 0.597. The van der Waals surface area contributed by atoms with Gasteiger partial charge in [0, 0.05) is 23.1 Å². The van der Waals surface area contributed by atoms with Gasteiger partial charge in [0.25, 0.3) is 0 Å². The zero-order chi connectivity index (χ0) is 14.4. The molecule has 0 radical (unpaired) electrons. The Kier molecular flexibility index (Phi) is 6.46. The molecule has 1 heterocycles. The largest absolute Gasteiger partial charge is 0.316 e. The summed E-state index contributed by atoms with van der Waals surface area (Å²) in [6.45, 7) is 7.26. The van der Waals surface area contributed by atoms with Crippen LogP contribution in [0.15, 0.2) is 22.7 Å². The van der Waals surface area contributed by atoms with Gasteiger partial charge in [0.2, 0.25) is 0 Å². The summed E-state index contributed by atoms with van der Waals surface area (Å²) in [6, 6.07) is 5.36. The molecule has 0 amide bonds. The molecule has 0 saturated carbocycles. The van der Waals surface area contributed by atoms with Crippen molar-refractivity contribution >= 4 is 15.9 Å². The third kappa shape index (κ3) is 4.83. The fraction of sp³-hybridized carbons (Fsp3) is 0.625. The van der Waals surface area contributed by atoms with E-state index in [9.17, 15) is 4.39 Å². The Labute approximate surface area is 129 Å². The van der Waals surface area contributed by atoms with Crippen LogP contribution in [-0.4, -0.2) is 31.1 Å². The van der Waals surface area contributed by atoms with Gasteiger partial charge in [-0.1, -0.05) is 28.9 Å². The molecule has 4 heteroatoms. The van der Waals surface area contributed by atoms with E-state index in [-0.39, 0.29) is 5.82 Å². The van der Waals surface area contributed by atoms with Crippen LogP contribution in [-0.2, 0) is 6.54 Å². The van der Waals surface area contributed by atoms with E-state index in [0.29, 0.717) is 5.92 Å². The molecule has 1 atom stereocenters. The molecule has 112 valence electrons. The van der Waals surface area contributed by atoms with Crippen molar-refractivity contribution in [3.05, 3.63) is 34.1 Å². The smallest absolute Gasteiger partial charge is 0.128 e. The third-order valence-electron chi connectivity index (χ3n) is 3.87. The molecule has 0 aliphatic carbocycles. The molecule has 2 rings (SSSR count). The van der Waals surface area contributed by atoms with Gasteiger partial charge < -0.3 is 5.32 Å². The fourth-order valence-corrected chi connectivity index (χ4v) is 3.17. The zero-order valence-corrected chi connectivity index (χ0v) is 13.8. The van der Waals surface area contributed by atoms with Crippen LogP contribution in [0.2, 0.25) is 0 Å². The Balaban J connectivity index is 1.86. The fourth-order valence-electron chi connectivity index (χ4n) is 2.84. The van der Waals surface area contributed by atoms with Crippen LogP contribution in [0.5, 0.6) is 0 Å². The quantitative estimate of drug-likeness (QED) is 0.791. The van der Waals surface area contributed by atoms with Crippen LogP contribution in [0, 0.1) is 11.7 Å². The lowest BCUT2D eigenvalue weighted by molar-refractivity contribution is 0.164. The van der Waals surface area contributed by atoms with Crippen LogP contribution in [0.3, 0.4) is 0 Å². The molecule has 0 aromatic heterocycles. The Morgan fingerprint density at radius 2 is 2.30 bits per heavy atom. The van der Waals surface area contributed by atoms with E-state index in [1.165, 1.54) is 19.3 Å². The van der Waals surface area contributed by atoms with E-state index in [2.05, 4.69) is 33.1 Å². The van der Waals surface area contributed by atoms with Crippen LogP contribution >= 0.6 is 15.9 Å². The lowest BCUT2D eigenvalue weighted by Gasteiger charge is -2.33. The SMILES string of the molecule is CCCNCC1CCCN(Cc2ccc(Br)cc2F)C1. The lowest BCUT2D eigenvalue weighted by Crippen LogP contribution is -2.39. The number of likely N-dealkylation sites (tertiary alicyclic amines) is 1. The lowest BCUT2D eigenvalue weighted by atomic mass is 9.97. The van der Waals surface area contributed by atoms with E-state index >= 15 is 0 Å². The van der Waals surface area contributed by atoms with Crippen molar-refractivity contribution in [3.8, 4) is 0 Å². The predicted molar refractivity (Wildman–Crippen MR) is 85.3 cm³/mol. The van der Waals surface area contributed by atoms with Gasteiger partial charge in [-0.25, -0.2) is 4.39 Å². The number of nitrogens with zero attached hydrogens (tertiary/aromatic N) is 1. The van der Waals surface area contributed by atoms with E-state index in [1.807, 2.05) is 12.1 Å². The molecule has 1 saturated heterocycles. The number of hydrogen-bond acceptors (Lipinski definition) is 2. The highest BCUT2D eigenvalue weighted by molar-refractivity contribution is 9.10. The molecule has 1 aliphatic rings. The Morgan fingerprint density at radius 1 is 1.45 bits per heavy atom. The normalized spacial score (nSPS) is 20.2. The van der Waals surface area contributed by atoms with Gasteiger partial charge in [0.15, 0.2) is 0 Å². The van der Waals surface area contributed by atoms with Crippen molar-refractivity contribution in [2.75, 3.05) is 26.2 Å². The van der Waals surface area contributed by atoms with Crippen LogP contribution in [0.25, 0.3) is 0 Å². The second kappa shape index (κ2) is 8.11. The van der Waals surface area contributed by atoms with Crippen LogP contribution in [0.4, 0.5) is 4.39 Å². The van der Waals surface area contributed by atoms with Crippen LogP contribution < -0.4 is 5.32 Å². The van der Waals surface area contributed by atoms with Gasteiger partial charge in [-0.2, -0.15) is 0 Å². The first kappa shape index (κ1) is 15.9. The van der Waals surface area contributed by atoms with E-state index in [0.717, 1.165) is 42.8 Å². The summed E-state index contributed by atoms with van der Waals surface area (Å²) < 4.78 is 14.7. The first-order valence-electron chi connectivity index (χ1n) is 7.56. The molecule has 1 fully saturated rings. The molecule has 1 aliphatic heterocycles. The minimum atomic E-state index is -0.106. The Morgan fingerprint density at radius 3 is 3.05 bits per heavy atom. The number of rotatable bonds is 6. The molecule has 0 bridgehead atoms. The summed E-state index contributed by atoms with van der Waals surface area (Å²) in [6.07, 6.45) is 3.69. The van der Waals surface area contributed by atoms with Crippen molar-refractivity contribution in [1.82, 2.24) is 10.2 Å². The molecule has 1 N–H and O–H groups in total. The van der Waals surface area contributed by atoms with Gasteiger partial charge in [0.05, 0.1) is 0 Å². The van der Waals surface area contributed by atoms with Crippen molar-refractivity contribution in [1.29, 1.82) is 0 Å². The summed E-state index contributed by atoms with van der Waals surface area (Å²) in [7, 11) is 0. The minimum Gasteiger partial charge on any atom is -0.316 e. The molecule has 20 heavy (non-hydrogen) atoms. The summed E-state index contributed by atoms with van der Waals surface area (Å²) in [5.41, 5.74) is 0.801. The van der Waals surface area contributed by atoms with Crippen molar-refractivity contribution in [2.45, 2.75) is 32.7 Å². The van der Waals surface area contributed by atoms with E-state index in [4.69, 9.17) is 0 Å². The topological polar surface area (TPSA) is 15.3 Å². The van der Waals surface area contributed by atoms with Crippen LogP contribution in [0.1, 0.15) is 31.7 Å². The molecule has 2 nitrogen and oxygen atoms in total. The summed E-state index contributed by atoms with van der Waals surface area (Å²) >= 11 is 3.30. The minimum absolute atomic E-state index is 0.106. The van der Waals surface area contributed by atoms with Gasteiger partial charge in [0.1, 0.15) is 5.82 Å². The first-order chi connectivity index (χ1) is 9.69. The first-order valence-corrected chi connectivity index (χ1v) is 8.35. The monoisotopic (exact) mass is 342 g/mol. The van der Waals surface area contributed by atoms with E-state index in [1.54, 1.807) is 6.07 Å². The Bertz CT molecular complexity index is 425. The predicted octanol–water partition coefficient (Wildman–Crippen LogP) is 3.80. The third-order valence-corrected chi connectivity index (χ3v) is 4.37. The number of halogens is 2. The number of benzene rings is 1. The van der Waals surface area contributed by atoms with E-state index < -0.39 is 0 Å². The van der Waals surface area contributed by atoms with Gasteiger partial charge in [-0.3, -0.25) is 4.90 Å². The maximum Gasteiger partial charge on any atom is 0.128 e. The van der Waals surface area contributed by atoms with Gasteiger partial charge in [-0.05, 0) is 56.9 Å². The highest BCUT2D eigenvalue weighted by Crippen LogP contribution is 2.21. The maximum atomic E-state index is 13.9. The van der Waals surface area contributed by atoms with Crippen molar-refractivity contribution < 1.29 is 4.39 Å². The summed E-state index contributed by atoms with van der Waals surface area (Å²) in [5, 5.41) is 3.50. The Hall–Kier alpha value is -0.450. The average molecular weight is 343 g/mol. The van der Waals surface area contributed by atoms with Gasteiger partial charge >= 0.3 is 0 Å². The molecular weight excluding hydrogens is 319 g/mol. The number of nitrogens with one attached hydrogen (secondary N) is 1. The summed E-state index contributed by atoms with van der Waals surface area (Å²) in [4.78, 5) is 2.38. The second-order valence-electron chi connectivity index (χ2n) is 5.68. The number of hydrogen-bond donors (Lipinski definition) is 1. The molecule has 1 unspecified atom stereocenters. The van der Waals surface area contributed by atoms with Crippen molar-refractivity contribution in [2.24, 2.45) is 5.92 Å². The van der Waals surface area contributed by atoms with Gasteiger partial charge in [-0.15, -0.1) is 0 Å². The average Bonchev–Trinajstić information content (AvgIpc) is 2.43. The highest BCUT2D eigenvalue weighted by Gasteiger charge is 2.20. The highest BCUT2D eigenvalue weighted by atomic mass is 79.9. The molecule has 1 aromatic rings.